The average Bonchev–Trinajstić information content (AvgIpc) is 3.09. The van der Waals surface area contributed by atoms with Crippen LogP contribution in [0, 0.1) is 0 Å². The quantitative estimate of drug-likeness (QED) is 0.830. The van der Waals surface area contributed by atoms with Gasteiger partial charge in [0.1, 0.15) is 0 Å². The highest BCUT2D eigenvalue weighted by molar-refractivity contribution is 9.10. The summed E-state index contributed by atoms with van der Waals surface area (Å²) in [4.78, 5) is 2.61. The summed E-state index contributed by atoms with van der Waals surface area (Å²) >= 11 is 15.9. The van der Waals surface area contributed by atoms with E-state index in [4.69, 9.17) is 23.2 Å². The fourth-order valence-corrected chi connectivity index (χ4v) is 4.28. The van der Waals surface area contributed by atoms with Crippen molar-refractivity contribution in [2.45, 2.75) is 44.3 Å². The van der Waals surface area contributed by atoms with Crippen LogP contribution in [0.15, 0.2) is 16.6 Å². The number of nitrogens with one attached hydrogen (secondary N) is 1. The summed E-state index contributed by atoms with van der Waals surface area (Å²) in [7, 11) is 0. The van der Waals surface area contributed by atoms with Crippen LogP contribution >= 0.6 is 39.1 Å². The number of likely N-dealkylation sites (tertiary alicyclic amines) is 1. The van der Waals surface area contributed by atoms with Crippen LogP contribution in [0.2, 0.25) is 10.0 Å². The normalized spacial score (nSPS) is 27.8. The van der Waals surface area contributed by atoms with Crippen molar-refractivity contribution in [2.75, 3.05) is 11.9 Å². The third-order valence-electron chi connectivity index (χ3n) is 3.99. The Kier molecular flexibility index (Phi) is 4.01. The highest BCUT2D eigenvalue weighted by Crippen LogP contribution is 2.37. The monoisotopic (exact) mass is 362 g/mol. The lowest BCUT2D eigenvalue weighted by atomic mass is 10.2. The van der Waals surface area contributed by atoms with Crippen molar-refractivity contribution in [3.63, 3.8) is 0 Å². The Balaban J connectivity index is 1.72. The van der Waals surface area contributed by atoms with E-state index in [0.717, 1.165) is 29.2 Å². The van der Waals surface area contributed by atoms with Gasteiger partial charge >= 0.3 is 0 Å². The SMILES string of the molecule is CC1CC(Nc2c(Cl)cc(Br)cc2Cl)CN1C1CC1. The summed E-state index contributed by atoms with van der Waals surface area (Å²) in [5.74, 6) is 0. The standard InChI is InChI=1S/C14H17BrCl2N2/c1-8-4-10(7-19(8)11-2-3-11)18-14-12(16)5-9(15)6-13(14)17/h5-6,8,10-11,18H,2-4,7H2,1H3. The first-order valence-corrected chi connectivity index (χ1v) is 8.26. The van der Waals surface area contributed by atoms with Crippen LogP contribution < -0.4 is 5.32 Å². The van der Waals surface area contributed by atoms with E-state index in [1.54, 1.807) is 0 Å². The lowest BCUT2D eigenvalue weighted by molar-refractivity contribution is 0.257. The largest absolute Gasteiger partial charge is 0.379 e. The minimum atomic E-state index is 0.437. The number of nitrogens with zero attached hydrogens (tertiary/aromatic N) is 1. The summed E-state index contributed by atoms with van der Waals surface area (Å²) in [6, 6.07) is 5.67. The number of halogens is 3. The summed E-state index contributed by atoms with van der Waals surface area (Å²) < 4.78 is 0.910. The van der Waals surface area contributed by atoms with E-state index in [1.807, 2.05) is 12.1 Å². The molecule has 1 aromatic rings. The van der Waals surface area contributed by atoms with Gasteiger partial charge in [-0.25, -0.2) is 0 Å². The first-order valence-electron chi connectivity index (χ1n) is 6.71. The first kappa shape index (κ1) is 14.0. The molecular formula is C14H17BrCl2N2. The number of anilines is 1. The Hall–Kier alpha value is 0.0400. The van der Waals surface area contributed by atoms with E-state index in [0.29, 0.717) is 22.1 Å². The zero-order valence-electron chi connectivity index (χ0n) is 10.8. The molecule has 2 nitrogen and oxygen atoms in total. The Morgan fingerprint density at radius 1 is 1.26 bits per heavy atom. The summed E-state index contributed by atoms with van der Waals surface area (Å²) in [6.45, 7) is 3.40. The summed E-state index contributed by atoms with van der Waals surface area (Å²) in [6.07, 6.45) is 3.87. The third-order valence-corrected chi connectivity index (χ3v) is 5.05. The van der Waals surface area contributed by atoms with Crippen LogP contribution in [0.1, 0.15) is 26.2 Å². The predicted octanol–water partition coefficient (Wildman–Crippen LogP) is 4.79. The second kappa shape index (κ2) is 5.44. The molecule has 0 spiro atoms. The van der Waals surface area contributed by atoms with Crippen LogP contribution in [0.4, 0.5) is 5.69 Å². The van der Waals surface area contributed by atoms with Crippen LogP contribution in [0.5, 0.6) is 0 Å². The molecule has 1 aliphatic carbocycles. The lowest BCUT2D eigenvalue weighted by Crippen LogP contribution is -2.31. The predicted molar refractivity (Wildman–Crippen MR) is 85.4 cm³/mol. The van der Waals surface area contributed by atoms with Gasteiger partial charge in [-0.2, -0.15) is 0 Å². The molecule has 1 aromatic carbocycles. The minimum absolute atomic E-state index is 0.437. The Labute approximate surface area is 132 Å². The molecule has 3 rings (SSSR count). The van der Waals surface area contributed by atoms with Crippen LogP contribution in [0.25, 0.3) is 0 Å². The maximum Gasteiger partial charge on any atom is 0.0722 e. The molecule has 1 saturated heterocycles. The van der Waals surface area contributed by atoms with Crippen molar-refractivity contribution in [1.29, 1.82) is 0 Å². The van der Waals surface area contributed by atoms with Crippen molar-refractivity contribution < 1.29 is 0 Å². The lowest BCUT2D eigenvalue weighted by Gasteiger charge is -2.20. The third kappa shape index (κ3) is 3.05. The zero-order valence-corrected chi connectivity index (χ0v) is 13.9. The molecule has 1 saturated carbocycles. The van der Waals surface area contributed by atoms with E-state index in [-0.39, 0.29) is 0 Å². The molecule has 1 N–H and O–H groups in total. The van der Waals surface area contributed by atoms with Gasteiger partial charge in [0, 0.05) is 29.1 Å². The molecule has 2 unspecified atom stereocenters. The van der Waals surface area contributed by atoms with Crippen molar-refractivity contribution >= 4 is 44.8 Å². The van der Waals surface area contributed by atoms with Gasteiger partial charge < -0.3 is 5.32 Å². The molecule has 0 aromatic heterocycles. The molecular weight excluding hydrogens is 347 g/mol. The smallest absolute Gasteiger partial charge is 0.0722 e. The van der Waals surface area contributed by atoms with E-state index in [2.05, 4.69) is 33.1 Å². The number of hydrogen-bond donors (Lipinski definition) is 1. The number of hydrogen-bond acceptors (Lipinski definition) is 2. The molecule has 0 radical (unpaired) electrons. The fourth-order valence-electron chi connectivity index (χ4n) is 2.96. The molecule has 2 aliphatic rings. The maximum absolute atomic E-state index is 6.27. The van der Waals surface area contributed by atoms with Crippen molar-refractivity contribution in [2.24, 2.45) is 0 Å². The molecule has 2 atom stereocenters. The van der Waals surface area contributed by atoms with E-state index >= 15 is 0 Å². The van der Waals surface area contributed by atoms with Gasteiger partial charge in [-0.3, -0.25) is 4.90 Å². The van der Waals surface area contributed by atoms with Crippen LogP contribution in [-0.2, 0) is 0 Å². The van der Waals surface area contributed by atoms with Crippen molar-refractivity contribution in [3.05, 3.63) is 26.7 Å². The first-order chi connectivity index (χ1) is 9.04. The van der Waals surface area contributed by atoms with Gasteiger partial charge in [-0.05, 0) is 38.3 Å². The molecule has 1 heterocycles. The van der Waals surface area contributed by atoms with Gasteiger partial charge in [0.2, 0.25) is 0 Å². The number of benzene rings is 1. The zero-order chi connectivity index (χ0) is 13.6. The van der Waals surface area contributed by atoms with Crippen molar-refractivity contribution in [3.8, 4) is 0 Å². The van der Waals surface area contributed by atoms with Crippen molar-refractivity contribution in [1.82, 2.24) is 4.90 Å². The Morgan fingerprint density at radius 2 is 1.89 bits per heavy atom. The second-order valence-corrected chi connectivity index (χ2v) is 7.33. The van der Waals surface area contributed by atoms with E-state index in [1.165, 1.54) is 12.8 Å². The average molecular weight is 364 g/mol. The Bertz CT molecular complexity index is 467. The summed E-state index contributed by atoms with van der Waals surface area (Å²) in [5, 5.41) is 4.88. The van der Waals surface area contributed by atoms with Gasteiger partial charge in [0.05, 0.1) is 15.7 Å². The Morgan fingerprint density at radius 3 is 2.47 bits per heavy atom. The van der Waals surface area contributed by atoms with Crippen LogP contribution in [0.3, 0.4) is 0 Å². The van der Waals surface area contributed by atoms with E-state index in [9.17, 15) is 0 Å². The molecule has 0 amide bonds. The van der Waals surface area contributed by atoms with E-state index < -0.39 is 0 Å². The van der Waals surface area contributed by atoms with Gasteiger partial charge in [-0.15, -0.1) is 0 Å². The molecule has 2 fully saturated rings. The minimum Gasteiger partial charge on any atom is -0.379 e. The van der Waals surface area contributed by atoms with Gasteiger partial charge in [0.15, 0.2) is 0 Å². The van der Waals surface area contributed by atoms with Gasteiger partial charge in [0.25, 0.3) is 0 Å². The topological polar surface area (TPSA) is 15.3 Å². The highest BCUT2D eigenvalue weighted by Gasteiger charge is 2.38. The molecule has 0 bridgehead atoms. The molecule has 5 heteroatoms. The highest BCUT2D eigenvalue weighted by atomic mass is 79.9. The second-order valence-electron chi connectivity index (χ2n) is 5.60. The van der Waals surface area contributed by atoms with Gasteiger partial charge in [-0.1, -0.05) is 39.1 Å². The molecule has 104 valence electrons. The maximum atomic E-state index is 6.27. The number of rotatable bonds is 3. The molecule has 1 aliphatic heterocycles. The van der Waals surface area contributed by atoms with Crippen LogP contribution in [-0.4, -0.2) is 29.6 Å². The summed E-state index contributed by atoms with van der Waals surface area (Å²) in [5.41, 5.74) is 0.862. The molecule has 19 heavy (non-hydrogen) atoms. The fraction of sp³-hybridized carbons (Fsp3) is 0.571.